The number of amides is 2. The molecule has 1 N–H and O–H groups in total. The predicted octanol–water partition coefficient (Wildman–Crippen LogP) is 3.98. The lowest BCUT2D eigenvalue weighted by Gasteiger charge is -2.56. The number of piperidine rings is 1. The SMILES string of the molecule is CC(C)(C)OC(=O)NS(=O)(=O)N1CC(CC#N)(N2CCC(N(C(=O)OC(C)(C)C)C3CC3c3ccccc3)CC2)C1. The summed E-state index contributed by atoms with van der Waals surface area (Å²) in [7, 11) is -4.11. The van der Waals surface area contributed by atoms with Crippen molar-refractivity contribution < 1.29 is 27.5 Å². The molecular formula is C29H43N5O6S. The third kappa shape index (κ3) is 7.50. The summed E-state index contributed by atoms with van der Waals surface area (Å²) in [4.78, 5) is 29.6. The second kappa shape index (κ2) is 11.4. The molecule has 4 rings (SSSR count). The van der Waals surface area contributed by atoms with Crippen LogP contribution in [0, 0.1) is 11.3 Å². The van der Waals surface area contributed by atoms with Crippen molar-refractivity contribution in [1.29, 1.82) is 5.26 Å². The van der Waals surface area contributed by atoms with Crippen LogP contribution in [0.5, 0.6) is 0 Å². The third-order valence-electron chi connectivity index (χ3n) is 7.78. The molecule has 2 saturated heterocycles. The molecular weight excluding hydrogens is 546 g/mol. The maximum absolute atomic E-state index is 13.4. The van der Waals surface area contributed by atoms with Crippen LogP contribution in [-0.2, 0) is 19.7 Å². The quantitative estimate of drug-likeness (QED) is 0.505. The Labute approximate surface area is 243 Å². The molecule has 2 atom stereocenters. The Morgan fingerprint density at radius 3 is 2.17 bits per heavy atom. The Hall–Kier alpha value is -2.88. The average molecular weight is 590 g/mol. The molecule has 0 radical (unpaired) electrons. The van der Waals surface area contributed by atoms with Crippen LogP contribution in [0.1, 0.15) is 78.7 Å². The van der Waals surface area contributed by atoms with Crippen molar-refractivity contribution in [2.75, 3.05) is 26.2 Å². The minimum atomic E-state index is -4.11. The molecule has 0 spiro atoms. The minimum absolute atomic E-state index is 0.0207. The first kappa shape index (κ1) is 31.1. The second-order valence-electron chi connectivity index (χ2n) is 13.4. The largest absolute Gasteiger partial charge is 0.444 e. The van der Waals surface area contributed by atoms with E-state index < -0.39 is 33.0 Å². The normalized spacial score (nSPS) is 23.5. The Morgan fingerprint density at radius 2 is 1.63 bits per heavy atom. The van der Waals surface area contributed by atoms with Crippen LogP contribution in [0.2, 0.25) is 0 Å². The van der Waals surface area contributed by atoms with Crippen LogP contribution in [0.4, 0.5) is 9.59 Å². The average Bonchev–Trinajstić information content (AvgIpc) is 3.60. The number of benzene rings is 1. The number of nitrogens with one attached hydrogen (secondary N) is 1. The first-order valence-corrected chi connectivity index (χ1v) is 15.7. The summed E-state index contributed by atoms with van der Waals surface area (Å²) in [5.41, 5.74) is -0.880. The lowest BCUT2D eigenvalue weighted by molar-refractivity contribution is -0.0416. The number of carbonyl (C=O) groups excluding carboxylic acids is 2. The van der Waals surface area contributed by atoms with Crippen molar-refractivity contribution in [1.82, 2.24) is 18.8 Å². The molecule has 2 heterocycles. The fourth-order valence-corrected chi connectivity index (χ4v) is 7.06. The summed E-state index contributed by atoms with van der Waals surface area (Å²) in [6.07, 6.45) is 1.08. The fourth-order valence-electron chi connectivity index (χ4n) is 5.86. The van der Waals surface area contributed by atoms with Gasteiger partial charge in [0.2, 0.25) is 0 Å². The number of likely N-dealkylation sites (tertiary alicyclic amines) is 1. The van der Waals surface area contributed by atoms with Gasteiger partial charge in [0.1, 0.15) is 11.2 Å². The summed E-state index contributed by atoms with van der Waals surface area (Å²) in [6.45, 7) is 12.0. The smallest absolute Gasteiger partial charge is 0.422 e. The summed E-state index contributed by atoms with van der Waals surface area (Å²) in [5, 5.41) is 9.60. The van der Waals surface area contributed by atoms with E-state index in [4.69, 9.17) is 9.47 Å². The van der Waals surface area contributed by atoms with E-state index in [1.165, 1.54) is 9.87 Å². The first-order chi connectivity index (χ1) is 19.0. The molecule has 2 amide bonds. The van der Waals surface area contributed by atoms with E-state index in [-0.39, 0.29) is 43.6 Å². The molecule has 2 unspecified atom stereocenters. The van der Waals surface area contributed by atoms with E-state index in [1.54, 1.807) is 20.8 Å². The second-order valence-corrected chi connectivity index (χ2v) is 15.0. The van der Waals surface area contributed by atoms with E-state index in [2.05, 4.69) is 23.1 Å². The molecule has 3 aliphatic rings. The van der Waals surface area contributed by atoms with Crippen molar-refractivity contribution in [2.45, 2.75) is 102 Å². The molecule has 1 aliphatic carbocycles. The van der Waals surface area contributed by atoms with E-state index >= 15 is 0 Å². The Morgan fingerprint density at radius 1 is 1.05 bits per heavy atom. The predicted molar refractivity (Wildman–Crippen MR) is 153 cm³/mol. The van der Waals surface area contributed by atoms with Gasteiger partial charge in [-0.2, -0.15) is 18.0 Å². The molecule has 0 bridgehead atoms. The Kier molecular flexibility index (Phi) is 8.65. The number of ether oxygens (including phenoxy) is 2. The molecule has 3 fully saturated rings. The highest BCUT2D eigenvalue weighted by atomic mass is 32.2. The number of hydrogen-bond donors (Lipinski definition) is 1. The van der Waals surface area contributed by atoms with Gasteiger partial charge in [-0.25, -0.2) is 14.3 Å². The van der Waals surface area contributed by atoms with Crippen LogP contribution in [-0.4, -0.2) is 89.7 Å². The highest BCUT2D eigenvalue weighted by molar-refractivity contribution is 7.87. The van der Waals surface area contributed by atoms with Gasteiger partial charge in [0.05, 0.1) is 18.0 Å². The van der Waals surface area contributed by atoms with Gasteiger partial charge in [-0.15, -0.1) is 0 Å². The zero-order chi connectivity index (χ0) is 30.2. The zero-order valence-electron chi connectivity index (χ0n) is 24.9. The standard InChI is InChI=1S/C29H43N5O6S/c1-27(2,3)39-25(35)31-41(37,38)33-19-29(20-33,14-15-30)32-16-12-22(13-17-32)34(26(36)40-28(4,5)6)24-18-23(24)21-10-8-7-9-11-21/h7-11,22-24H,12-14,16-20H2,1-6H3,(H,31,35). The van der Waals surface area contributed by atoms with Crippen molar-refractivity contribution in [3.05, 3.63) is 35.9 Å². The van der Waals surface area contributed by atoms with E-state index in [1.807, 2.05) is 48.6 Å². The van der Waals surface area contributed by atoms with Gasteiger partial charge < -0.3 is 14.4 Å². The fraction of sp³-hybridized carbons (Fsp3) is 0.690. The van der Waals surface area contributed by atoms with Gasteiger partial charge in [0, 0.05) is 44.2 Å². The van der Waals surface area contributed by atoms with Gasteiger partial charge in [-0.3, -0.25) is 4.90 Å². The van der Waals surface area contributed by atoms with E-state index in [0.29, 0.717) is 25.9 Å². The molecule has 226 valence electrons. The molecule has 1 aromatic rings. The molecule has 2 aliphatic heterocycles. The highest BCUT2D eigenvalue weighted by Crippen LogP contribution is 2.47. The van der Waals surface area contributed by atoms with Crippen molar-refractivity contribution in [2.24, 2.45) is 0 Å². The van der Waals surface area contributed by atoms with Gasteiger partial charge in [0.25, 0.3) is 0 Å². The molecule has 1 aromatic carbocycles. The first-order valence-electron chi connectivity index (χ1n) is 14.2. The molecule has 12 heteroatoms. The van der Waals surface area contributed by atoms with Crippen molar-refractivity contribution in [3.8, 4) is 6.07 Å². The van der Waals surface area contributed by atoms with Gasteiger partial charge in [-0.05, 0) is 66.4 Å². The summed E-state index contributed by atoms with van der Waals surface area (Å²) < 4.78 is 39.7. The zero-order valence-corrected chi connectivity index (χ0v) is 25.7. The number of nitriles is 1. The Bertz CT molecular complexity index is 1250. The number of rotatable bonds is 7. The number of hydrogen-bond acceptors (Lipinski definition) is 8. The van der Waals surface area contributed by atoms with Crippen molar-refractivity contribution >= 4 is 22.4 Å². The monoisotopic (exact) mass is 589 g/mol. The molecule has 1 saturated carbocycles. The summed E-state index contributed by atoms with van der Waals surface area (Å²) in [6, 6.07) is 12.5. The summed E-state index contributed by atoms with van der Waals surface area (Å²) >= 11 is 0. The minimum Gasteiger partial charge on any atom is -0.444 e. The van der Waals surface area contributed by atoms with Gasteiger partial charge in [0.15, 0.2) is 0 Å². The van der Waals surface area contributed by atoms with E-state index in [9.17, 15) is 23.3 Å². The third-order valence-corrected chi connectivity index (χ3v) is 9.14. The van der Waals surface area contributed by atoms with Crippen LogP contribution >= 0.6 is 0 Å². The van der Waals surface area contributed by atoms with Crippen LogP contribution in [0.15, 0.2) is 30.3 Å². The van der Waals surface area contributed by atoms with Crippen LogP contribution < -0.4 is 4.72 Å². The molecule has 11 nitrogen and oxygen atoms in total. The summed E-state index contributed by atoms with van der Waals surface area (Å²) in [5.74, 6) is 0.273. The molecule has 41 heavy (non-hydrogen) atoms. The van der Waals surface area contributed by atoms with Crippen molar-refractivity contribution in [3.63, 3.8) is 0 Å². The highest BCUT2D eigenvalue weighted by Gasteiger charge is 2.54. The maximum Gasteiger partial charge on any atom is 0.422 e. The lowest BCUT2D eigenvalue weighted by atomic mass is 9.84. The number of carbonyl (C=O) groups is 2. The lowest BCUT2D eigenvalue weighted by Crippen LogP contribution is -2.73. The number of nitrogens with zero attached hydrogens (tertiary/aromatic N) is 4. The topological polar surface area (TPSA) is 132 Å². The van der Waals surface area contributed by atoms with Crippen LogP contribution in [0.25, 0.3) is 0 Å². The van der Waals surface area contributed by atoms with E-state index in [0.717, 1.165) is 6.42 Å². The van der Waals surface area contributed by atoms with Gasteiger partial charge >= 0.3 is 22.4 Å². The Balaban J connectivity index is 1.41. The molecule has 0 aromatic heterocycles. The van der Waals surface area contributed by atoms with Crippen LogP contribution in [0.3, 0.4) is 0 Å². The maximum atomic E-state index is 13.4. The van der Waals surface area contributed by atoms with Gasteiger partial charge in [-0.1, -0.05) is 30.3 Å².